The second kappa shape index (κ2) is 11.3. The van der Waals surface area contributed by atoms with Crippen LogP contribution >= 0.6 is 0 Å². The van der Waals surface area contributed by atoms with E-state index in [-0.39, 0.29) is 23.8 Å². The molecule has 0 saturated heterocycles. The summed E-state index contributed by atoms with van der Waals surface area (Å²) in [6.45, 7) is 8.25. The fourth-order valence-corrected chi connectivity index (χ4v) is 5.23. The van der Waals surface area contributed by atoms with Crippen molar-refractivity contribution >= 4 is 17.4 Å². The predicted molar refractivity (Wildman–Crippen MR) is 145 cm³/mol. The van der Waals surface area contributed by atoms with Crippen LogP contribution in [0.5, 0.6) is 11.5 Å². The van der Waals surface area contributed by atoms with Gasteiger partial charge in [-0.1, -0.05) is 18.7 Å². The summed E-state index contributed by atoms with van der Waals surface area (Å²) in [5.41, 5.74) is 5.73. The minimum atomic E-state index is -0.868. The number of allylic oxidation sites excluding steroid dienone is 3. The van der Waals surface area contributed by atoms with Gasteiger partial charge in [-0.15, -0.1) is 0 Å². The highest BCUT2D eigenvalue weighted by Crippen LogP contribution is 2.39. The van der Waals surface area contributed by atoms with Gasteiger partial charge in [0.1, 0.15) is 23.4 Å². The number of carboxylic acids is 1. The SMILES string of the molecule is C=C1/C(F)=C\C=C(\c2c(C)cc(C(=O)N(C)C)cc2C)CCC[C@H]1Oc1ccc2c(c1)OC[C@H]2CC(=O)O. The highest BCUT2D eigenvalue weighted by molar-refractivity contribution is 5.95. The Labute approximate surface area is 223 Å². The summed E-state index contributed by atoms with van der Waals surface area (Å²) in [5, 5.41) is 9.12. The molecule has 1 amide bonds. The number of halogens is 1. The molecule has 0 saturated carbocycles. The molecule has 0 spiro atoms. The molecule has 2 aromatic rings. The zero-order valence-electron chi connectivity index (χ0n) is 22.3. The van der Waals surface area contributed by atoms with E-state index >= 15 is 4.39 Å². The van der Waals surface area contributed by atoms with Crippen LogP contribution in [0.1, 0.15) is 64.2 Å². The van der Waals surface area contributed by atoms with Crippen LogP contribution in [-0.2, 0) is 4.79 Å². The Bertz CT molecular complexity index is 1320. The van der Waals surface area contributed by atoms with Crippen LogP contribution in [0.2, 0.25) is 0 Å². The molecule has 6 nitrogen and oxygen atoms in total. The first-order chi connectivity index (χ1) is 18.0. The minimum absolute atomic E-state index is 0.00556. The lowest BCUT2D eigenvalue weighted by molar-refractivity contribution is -0.137. The molecule has 38 heavy (non-hydrogen) atoms. The van der Waals surface area contributed by atoms with Crippen LogP contribution in [0.15, 0.2) is 60.5 Å². The average Bonchev–Trinajstić information content (AvgIpc) is 3.27. The number of hydrogen-bond donors (Lipinski definition) is 1. The fraction of sp³-hybridized carbons (Fsp3) is 0.355. The molecule has 7 heteroatoms. The van der Waals surface area contributed by atoms with Gasteiger partial charge in [-0.2, -0.15) is 0 Å². The number of fused-ring (bicyclic) bond motifs is 1. The Balaban J connectivity index is 1.52. The number of carboxylic acid groups (broad SMARTS) is 1. The fourth-order valence-electron chi connectivity index (χ4n) is 5.23. The molecule has 2 aromatic carbocycles. The number of rotatable bonds is 6. The van der Waals surface area contributed by atoms with Crippen LogP contribution in [0, 0.1) is 13.8 Å². The van der Waals surface area contributed by atoms with Gasteiger partial charge in [0.2, 0.25) is 0 Å². The number of carbonyl (C=O) groups excluding carboxylic acids is 1. The molecular formula is C31H34FNO5. The molecule has 1 N–H and O–H groups in total. The third-order valence-corrected chi connectivity index (χ3v) is 7.11. The summed E-state index contributed by atoms with van der Waals surface area (Å²) < 4.78 is 27.1. The smallest absolute Gasteiger partial charge is 0.304 e. The molecule has 0 radical (unpaired) electrons. The van der Waals surface area contributed by atoms with Crippen molar-refractivity contribution in [3.8, 4) is 11.5 Å². The van der Waals surface area contributed by atoms with Crippen LogP contribution in [-0.4, -0.2) is 48.7 Å². The Morgan fingerprint density at radius 2 is 1.87 bits per heavy atom. The monoisotopic (exact) mass is 519 g/mol. The van der Waals surface area contributed by atoms with Gasteiger partial charge >= 0.3 is 5.97 Å². The molecule has 1 aliphatic carbocycles. The molecule has 0 fully saturated rings. The van der Waals surface area contributed by atoms with E-state index in [1.807, 2.05) is 32.0 Å². The van der Waals surface area contributed by atoms with E-state index in [4.69, 9.17) is 14.6 Å². The Morgan fingerprint density at radius 3 is 2.53 bits per heavy atom. The van der Waals surface area contributed by atoms with E-state index in [9.17, 15) is 9.59 Å². The van der Waals surface area contributed by atoms with E-state index in [0.717, 1.165) is 34.2 Å². The first kappa shape index (κ1) is 27.2. The normalized spacial score (nSPS) is 22.0. The quantitative estimate of drug-likeness (QED) is 0.479. The number of benzene rings is 2. The molecule has 1 heterocycles. The largest absolute Gasteiger partial charge is 0.492 e. The maximum atomic E-state index is 15.2. The van der Waals surface area contributed by atoms with Gasteiger partial charge in [0.05, 0.1) is 13.0 Å². The highest BCUT2D eigenvalue weighted by Gasteiger charge is 2.28. The molecule has 2 aliphatic rings. The van der Waals surface area contributed by atoms with E-state index in [0.29, 0.717) is 36.5 Å². The van der Waals surface area contributed by atoms with Crippen molar-refractivity contribution in [1.29, 1.82) is 0 Å². The first-order valence-electron chi connectivity index (χ1n) is 12.8. The van der Waals surface area contributed by atoms with Crippen molar-refractivity contribution in [3.63, 3.8) is 0 Å². The number of aliphatic carboxylic acids is 1. The Morgan fingerprint density at radius 1 is 1.16 bits per heavy atom. The molecule has 0 unspecified atom stereocenters. The maximum Gasteiger partial charge on any atom is 0.304 e. The molecule has 200 valence electrons. The molecule has 0 bridgehead atoms. The van der Waals surface area contributed by atoms with Gasteiger partial charge in [-0.3, -0.25) is 9.59 Å². The molecule has 1 aliphatic heterocycles. The maximum absolute atomic E-state index is 15.2. The number of nitrogens with zero attached hydrogens (tertiary/aromatic N) is 1. The Kier molecular flexibility index (Phi) is 8.05. The number of carbonyl (C=O) groups is 2. The summed E-state index contributed by atoms with van der Waals surface area (Å²) in [6.07, 6.45) is 4.71. The Hall–Kier alpha value is -3.87. The van der Waals surface area contributed by atoms with Crippen LogP contribution < -0.4 is 9.47 Å². The summed E-state index contributed by atoms with van der Waals surface area (Å²) in [5.74, 6) is -0.426. The molecule has 0 aromatic heterocycles. The predicted octanol–water partition coefficient (Wildman–Crippen LogP) is 6.38. The number of hydrogen-bond acceptors (Lipinski definition) is 4. The van der Waals surface area contributed by atoms with E-state index in [1.54, 1.807) is 37.2 Å². The summed E-state index contributed by atoms with van der Waals surface area (Å²) >= 11 is 0. The molecule has 2 atom stereocenters. The lowest BCUT2D eigenvalue weighted by atomic mass is 9.90. The molecule has 4 rings (SSSR count). The minimum Gasteiger partial charge on any atom is -0.492 e. The van der Waals surface area contributed by atoms with Gasteiger partial charge in [-0.05, 0) is 79.6 Å². The summed E-state index contributed by atoms with van der Waals surface area (Å²) in [4.78, 5) is 25.1. The third kappa shape index (κ3) is 5.82. The number of ether oxygens (including phenoxy) is 2. The number of amides is 1. The summed E-state index contributed by atoms with van der Waals surface area (Å²) in [6, 6.07) is 9.12. The van der Waals surface area contributed by atoms with Gasteiger partial charge in [0.25, 0.3) is 5.91 Å². The lowest BCUT2D eigenvalue weighted by Gasteiger charge is -2.21. The second-order valence-corrected chi connectivity index (χ2v) is 10.2. The van der Waals surface area contributed by atoms with Gasteiger partial charge in [0, 0.05) is 42.8 Å². The van der Waals surface area contributed by atoms with Crippen LogP contribution in [0.25, 0.3) is 5.57 Å². The summed E-state index contributed by atoms with van der Waals surface area (Å²) in [7, 11) is 3.46. The third-order valence-electron chi connectivity index (χ3n) is 7.11. The van der Waals surface area contributed by atoms with Gasteiger partial charge < -0.3 is 19.5 Å². The van der Waals surface area contributed by atoms with Gasteiger partial charge in [-0.25, -0.2) is 4.39 Å². The van der Waals surface area contributed by atoms with Crippen molar-refractivity contribution in [2.24, 2.45) is 0 Å². The van der Waals surface area contributed by atoms with Crippen LogP contribution in [0.3, 0.4) is 0 Å². The number of aryl methyl sites for hydroxylation is 2. The van der Waals surface area contributed by atoms with E-state index in [1.165, 1.54) is 6.08 Å². The zero-order valence-corrected chi connectivity index (χ0v) is 22.3. The van der Waals surface area contributed by atoms with Crippen molar-refractivity contribution in [1.82, 2.24) is 4.90 Å². The van der Waals surface area contributed by atoms with Gasteiger partial charge in [0.15, 0.2) is 0 Å². The first-order valence-corrected chi connectivity index (χ1v) is 12.8. The van der Waals surface area contributed by atoms with E-state index in [2.05, 4.69) is 6.58 Å². The van der Waals surface area contributed by atoms with Crippen molar-refractivity contribution in [2.45, 2.75) is 51.6 Å². The lowest BCUT2D eigenvalue weighted by Crippen LogP contribution is -2.22. The van der Waals surface area contributed by atoms with Crippen molar-refractivity contribution < 1.29 is 28.6 Å². The molecular weight excluding hydrogens is 485 g/mol. The highest BCUT2D eigenvalue weighted by atomic mass is 19.1. The second-order valence-electron chi connectivity index (χ2n) is 10.2. The van der Waals surface area contributed by atoms with E-state index < -0.39 is 17.9 Å². The van der Waals surface area contributed by atoms with Crippen molar-refractivity contribution in [3.05, 3.63) is 88.3 Å². The topological polar surface area (TPSA) is 76.1 Å². The van der Waals surface area contributed by atoms with Crippen molar-refractivity contribution in [2.75, 3.05) is 20.7 Å². The standard InChI is InChI=1S/C31H34FNO5/c1-18-13-22(31(36)33(4)5)14-19(2)30(18)21-7-6-8-27(20(3)26(32)12-9-21)38-24-10-11-25-23(15-29(34)35)17-37-28(25)16-24/h9-14,16,23,27H,3,6-8,15,17H2,1-2,4-5H3,(H,34,35)/b21-9+,26-12+/t23-,27-/m1/s1. The average molecular weight is 520 g/mol. The van der Waals surface area contributed by atoms with Crippen LogP contribution in [0.4, 0.5) is 4.39 Å². The zero-order chi connectivity index (χ0) is 27.6.